The van der Waals surface area contributed by atoms with E-state index in [1.807, 2.05) is 6.92 Å². The van der Waals surface area contributed by atoms with E-state index in [4.69, 9.17) is 11.6 Å². The smallest absolute Gasteiger partial charge is 0.266 e. The molecule has 1 aliphatic heterocycles. The van der Waals surface area contributed by atoms with Crippen molar-refractivity contribution in [2.75, 3.05) is 4.90 Å². The van der Waals surface area contributed by atoms with Crippen LogP contribution in [0.25, 0.3) is 5.69 Å². The van der Waals surface area contributed by atoms with Gasteiger partial charge in [0.2, 0.25) is 0 Å². The first-order chi connectivity index (χ1) is 11.6. The number of fused-ring (bicyclic) bond motifs is 1. The number of nitrogens with zero attached hydrogens (tertiary/aromatic N) is 3. The van der Waals surface area contributed by atoms with Crippen molar-refractivity contribution in [2.24, 2.45) is 0 Å². The molecule has 0 N–H and O–H groups in total. The lowest BCUT2D eigenvalue weighted by Crippen LogP contribution is -2.29. The molecule has 3 aromatic rings. The van der Waals surface area contributed by atoms with Gasteiger partial charge in [-0.3, -0.25) is 9.59 Å². The third-order valence-electron chi connectivity index (χ3n) is 3.93. The standard InChI is InChI=1S/C18H12ClN3O2/c1-11-10-16(19)22(20-11)13-8-6-12(7-9-13)21-17(23)14-4-2-3-5-15(14)18(21)24/h2-10H,1H3. The molecule has 6 heteroatoms. The Labute approximate surface area is 143 Å². The molecule has 0 fully saturated rings. The second kappa shape index (κ2) is 5.32. The summed E-state index contributed by atoms with van der Waals surface area (Å²) in [5.41, 5.74) is 2.94. The Kier molecular flexibility index (Phi) is 3.25. The number of halogens is 1. The molecule has 0 saturated heterocycles. The zero-order chi connectivity index (χ0) is 16.8. The van der Waals surface area contributed by atoms with E-state index < -0.39 is 0 Å². The van der Waals surface area contributed by atoms with Gasteiger partial charge < -0.3 is 0 Å². The van der Waals surface area contributed by atoms with Crippen molar-refractivity contribution in [3.05, 3.63) is 76.6 Å². The number of aromatic nitrogens is 2. The van der Waals surface area contributed by atoms with Crippen molar-refractivity contribution >= 4 is 29.1 Å². The van der Waals surface area contributed by atoms with Crippen LogP contribution in [-0.2, 0) is 0 Å². The van der Waals surface area contributed by atoms with Gasteiger partial charge in [0.1, 0.15) is 5.15 Å². The lowest BCUT2D eigenvalue weighted by atomic mass is 10.1. The fraction of sp³-hybridized carbons (Fsp3) is 0.0556. The number of benzene rings is 2. The van der Waals surface area contributed by atoms with Crippen LogP contribution < -0.4 is 4.90 Å². The van der Waals surface area contributed by atoms with Crippen LogP contribution in [0.2, 0.25) is 5.15 Å². The van der Waals surface area contributed by atoms with E-state index >= 15 is 0 Å². The van der Waals surface area contributed by atoms with E-state index in [0.717, 1.165) is 11.4 Å². The number of aryl methyl sites for hydroxylation is 1. The molecule has 24 heavy (non-hydrogen) atoms. The van der Waals surface area contributed by atoms with Gasteiger partial charge in [-0.2, -0.15) is 5.10 Å². The summed E-state index contributed by atoms with van der Waals surface area (Å²) in [5, 5.41) is 4.81. The minimum atomic E-state index is -0.309. The van der Waals surface area contributed by atoms with Gasteiger partial charge in [-0.05, 0) is 49.4 Å². The molecule has 1 aliphatic rings. The number of imide groups is 1. The summed E-state index contributed by atoms with van der Waals surface area (Å²) in [6.45, 7) is 1.86. The molecule has 0 spiro atoms. The van der Waals surface area contributed by atoms with Gasteiger partial charge in [0.05, 0.1) is 28.2 Å². The molecule has 5 nitrogen and oxygen atoms in total. The highest BCUT2D eigenvalue weighted by Gasteiger charge is 2.36. The Hall–Kier alpha value is -2.92. The second-order valence-electron chi connectivity index (χ2n) is 5.53. The first-order valence-corrected chi connectivity index (χ1v) is 7.74. The lowest BCUT2D eigenvalue weighted by Gasteiger charge is -2.14. The van der Waals surface area contributed by atoms with E-state index in [2.05, 4.69) is 5.10 Å². The van der Waals surface area contributed by atoms with Gasteiger partial charge >= 0.3 is 0 Å². The normalized spacial score (nSPS) is 13.5. The SMILES string of the molecule is Cc1cc(Cl)n(-c2ccc(N3C(=O)c4ccccc4C3=O)cc2)n1. The maximum absolute atomic E-state index is 12.5. The van der Waals surface area contributed by atoms with Crippen LogP contribution in [0.15, 0.2) is 54.6 Å². The second-order valence-corrected chi connectivity index (χ2v) is 5.92. The molecule has 1 aromatic heterocycles. The Morgan fingerprint density at radius 1 is 0.875 bits per heavy atom. The quantitative estimate of drug-likeness (QED) is 0.671. The van der Waals surface area contributed by atoms with Crippen molar-refractivity contribution in [2.45, 2.75) is 6.92 Å². The molecule has 0 saturated carbocycles. The van der Waals surface area contributed by atoms with Crippen molar-refractivity contribution in [1.29, 1.82) is 0 Å². The summed E-state index contributed by atoms with van der Waals surface area (Å²) in [6.07, 6.45) is 0. The van der Waals surface area contributed by atoms with Crippen molar-refractivity contribution in [3.63, 3.8) is 0 Å². The predicted octanol–water partition coefficient (Wildman–Crippen LogP) is 3.63. The molecular weight excluding hydrogens is 326 g/mol. The molecule has 118 valence electrons. The van der Waals surface area contributed by atoms with E-state index in [9.17, 15) is 9.59 Å². The van der Waals surface area contributed by atoms with Gasteiger partial charge in [0.25, 0.3) is 11.8 Å². The van der Waals surface area contributed by atoms with Gasteiger partial charge in [-0.1, -0.05) is 23.7 Å². The summed E-state index contributed by atoms with van der Waals surface area (Å²) in [6, 6.07) is 15.6. The minimum absolute atomic E-state index is 0.309. The summed E-state index contributed by atoms with van der Waals surface area (Å²) < 4.78 is 1.60. The average molecular weight is 338 g/mol. The molecule has 2 amide bonds. The Bertz CT molecular complexity index is 941. The molecule has 4 rings (SSSR count). The number of hydrogen-bond donors (Lipinski definition) is 0. The topological polar surface area (TPSA) is 55.2 Å². The van der Waals surface area contributed by atoms with Crippen molar-refractivity contribution in [3.8, 4) is 5.69 Å². The molecule has 0 unspecified atom stereocenters. The largest absolute Gasteiger partial charge is 0.268 e. The highest BCUT2D eigenvalue weighted by Crippen LogP contribution is 2.29. The van der Waals surface area contributed by atoms with Gasteiger partial charge in [0, 0.05) is 0 Å². The maximum atomic E-state index is 12.5. The van der Waals surface area contributed by atoms with Crippen LogP contribution in [0, 0.1) is 6.92 Å². The molecule has 2 heterocycles. The lowest BCUT2D eigenvalue weighted by molar-refractivity contribution is 0.0926. The summed E-state index contributed by atoms with van der Waals surface area (Å²) in [7, 11) is 0. The first kappa shape index (κ1) is 14.7. The summed E-state index contributed by atoms with van der Waals surface area (Å²) >= 11 is 6.14. The number of amides is 2. The van der Waals surface area contributed by atoms with Crippen LogP contribution in [0.1, 0.15) is 26.4 Å². The fourth-order valence-corrected chi connectivity index (χ4v) is 3.11. The molecule has 0 atom stereocenters. The van der Waals surface area contributed by atoms with Gasteiger partial charge in [0.15, 0.2) is 0 Å². The van der Waals surface area contributed by atoms with Crippen LogP contribution in [0.4, 0.5) is 5.69 Å². The van der Waals surface area contributed by atoms with E-state index in [-0.39, 0.29) is 11.8 Å². The number of hydrogen-bond acceptors (Lipinski definition) is 3. The molecule has 2 aromatic carbocycles. The average Bonchev–Trinajstić information content (AvgIpc) is 3.05. The number of anilines is 1. The maximum Gasteiger partial charge on any atom is 0.266 e. The summed E-state index contributed by atoms with van der Waals surface area (Å²) in [4.78, 5) is 26.2. The van der Waals surface area contributed by atoms with E-state index in [1.165, 1.54) is 4.90 Å². The summed E-state index contributed by atoms with van der Waals surface area (Å²) in [5.74, 6) is -0.618. The molecule has 0 bridgehead atoms. The van der Waals surface area contributed by atoms with E-state index in [1.54, 1.807) is 59.3 Å². The molecular formula is C18H12ClN3O2. The molecule has 0 radical (unpaired) electrons. The van der Waals surface area contributed by atoms with Gasteiger partial charge in [-0.25, -0.2) is 9.58 Å². The Morgan fingerprint density at radius 3 is 1.92 bits per heavy atom. The fourth-order valence-electron chi connectivity index (χ4n) is 2.82. The van der Waals surface area contributed by atoms with Gasteiger partial charge in [-0.15, -0.1) is 0 Å². The zero-order valence-corrected chi connectivity index (χ0v) is 13.5. The predicted molar refractivity (Wildman–Crippen MR) is 90.9 cm³/mol. The third-order valence-corrected chi connectivity index (χ3v) is 4.20. The highest BCUT2D eigenvalue weighted by molar-refractivity contribution is 6.34. The highest BCUT2D eigenvalue weighted by atomic mass is 35.5. The third kappa shape index (κ3) is 2.13. The van der Waals surface area contributed by atoms with Crippen LogP contribution in [-0.4, -0.2) is 21.6 Å². The number of rotatable bonds is 2. The Morgan fingerprint density at radius 2 is 1.42 bits per heavy atom. The molecule has 0 aliphatic carbocycles. The van der Waals surface area contributed by atoms with Crippen LogP contribution >= 0.6 is 11.6 Å². The number of carbonyl (C=O) groups excluding carboxylic acids is 2. The van der Waals surface area contributed by atoms with Crippen molar-refractivity contribution < 1.29 is 9.59 Å². The minimum Gasteiger partial charge on any atom is -0.268 e. The monoisotopic (exact) mass is 337 g/mol. The number of carbonyl (C=O) groups is 2. The van der Waals surface area contributed by atoms with E-state index in [0.29, 0.717) is 22.0 Å². The Balaban J connectivity index is 1.71. The van der Waals surface area contributed by atoms with Crippen molar-refractivity contribution in [1.82, 2.24) is 9.78 Å². The van der Waals surface area contributed by atoms with Crippen LogP contribution in [0.3, 0.4) is 0 Å². The first-order valence-electron chi connectivity index (χ1n) is 7.36. The zero-order valence-electron chi connectivity index (χ0n) is 12.7. The van der Waals surface area contributed by atoms with Crippen LogP contribution in [0.5, 0.6) is 0 Å².